The molecule has 0 saturated heterocycles. The lowest BCUT2D eigenvalue weighted by Crippen LogP contribution is -2.36. The fourth-order valence-corrected chi connectivity index (χ4v) is 1.86. The number of rotatable bonds is 4. The van der Waals surface area contributed by atoms with Crippen molar-refractivity contribution in [1.29, 1.82) is 0 Å². The van der Waals surface area contributed by atoms with Crippen LogP contribution in [-0.2, 0) is 0 Å². The molecule has 0 atom stereocenters. The van der Waals surface area contributed by atoms with Crippen LogP contribution in [0.15, 0.2) is 0 Å². The molecule has 0 bridgehead atoms. The van der Waals surface area contributed by atoms with Crippen LogP contribution in [0.2, 0.25) is 0 Å². The minimum absolute atomic E-state index is 0.456. The molecule has 13 heavy (non-hydrogen) atoms. The van der Waals surface area contributed by atoms with E-state index in [4.69, 9.17) is 0 Å². The van der Waals surface area contributed by atoms with Gasteiger partial charge in [0, 0.05) is 19.1 Å². The molecule has 78 valence electrons. The molecular weight excluding hydrogens is 158 g/mol. The molecule has 0 spiro atoms. The second-order valence-corrected chi connectivity index (χ2v) is 6.12. The zero-order valence-electron chi connectivity index (χ0n) is 9.93. The smallest absolute Gasteiger partial charge is 0.00967 e. The first-order valence-corrected chi connectivity index (χ1v) is 5.62. The van der Waals surface area contributed by atoms with Crippen LogP contribution in [0, 0.1) is 11.3 Å². The Morgan fingerprint density at radius 2 is 1.77 bits per heavy atom. The molecule has 1 rings (SSSR count). The molecular formula is C12H25N. The Kier molecular flexibility index (Phi) is 3.39. The molecule has 0 aliphatic heterocycles. The van der Waals surface area contributed by atoms with E-state index in [1.807, 2.05) is 0 Å². The molecule has 1 heteroatoms. The maximum absolute atomic E-state index is 2.69. The summed E-state index contributed by atoms with van der Waals surface area (Å²) in [5.41, 5.74) is 0.456. The van der Waals surface area contributed by atoms with Crippen LogP contribution in [0.1, 0.15) is 47.5 Å². The second-order valence-electron chi connectivity index (χ2n) is 6.12. The summed E-state index contributed by atoms with van der Waals surface area (Å²) in [5, 5.41) is 0. The molecule has 1 aliphatic rings. The van der Waals surface area contributed by atoms with Crippen LogP contribution in [0.3, 0.4) is 0 Å². The van der Waals surface area contributed by atoms with Crippen LogP contribution in [0.5, 0.6) is 0 Å². The molecule has 0 unspecified atom stereocenters. The molecule has 0 aromatic rings. The maximum Gasteiger partial charge on any atom is 0.00967 e. The number of hydrogen-bond acceptors (Lipinski definition) is 1. The van der Waals surface area contributed by atoms with Gasteiger partial charge in [-0.25, -0.2) is 0 Å². The molecule has 0 amide bonds. The van der Waals surface area contributed by atoms with Gasteiger partial charge in [0.2, 0.25) is 0 Å². The van der Waals surface area contributed by atoms with Crippen LogP contribution >= 0.6 is 0 Å². The second kappa shape index (κ2) is 4.00. The Labute approximate surface area is 83.5 Å². The predicted molar refractivity (Wildman–Crippen MR) is 58.9 cm³/mol. The predicted octanol–water partition coefficient (Wildman–Crippen LogP) is 3.15. The van der Waals surface area contributed by atoms with Gasteiger partial charge in [-0.1, -0.05) is 34.6 Å². The fraction of sp³-hybridized carbons (Fsp3) is 1.00. The summed E-state index contributed by atoms with van der Waals surface area (Å²) >= 11 is 0. The van der Waals surface area contributed by atoms with Crippen LogP contribution < -0.4 is 0 Å². The third-order valence-corrected chi connectivity index (χ3v) is 2.34. The van der Waals surface area contributed by atoms with Gasteiger partial charge >= 0.3 is 0 Å². The van der Waals surface area contributed by atoms with Crippen molar-refractivity contribution >= 4 is 0 Å². The first kappa shape index (κ1) is 11.0. The zero-order valence-corrected chi connectivity index (χ0v) is 9.93. The lowest BCUT2D eigenvalue weighted by atomic mass is 9.95. The van der Waals surface area contributed by atoms with E-state index in [0.717, 1.165) is 12.0 Å². The molecule has 0 N–H and O–H groups in total. The summed E-state index contributed by atoms with van der Waals surface area (Å²) in [5.74, 6) is 0.808. The molecule has 1 aliphatic carbocycles. The summed E-state index contributed by atoms with van der Waals surface area (Å²) in [6, 6.07) is 0.918. The first-order valence-electron chi connectivity index (χ1n) is 5.62. The molecule has 1 nitrogen and oxygen atoms in total. The van der Waals surface area contributed by atoms with Crippen molar-refractivity contribution in [2.75, 3.05) is 13.1 Å². The summed E-state index contributed by atoms with van der Waals surface area (Å²) in [6.45, 7) is 14.2. The van der Waals surface area contributed by atoms with Gasteiger partial charge in [0.15, 0.2) is 0 Å². The largest absolute Gasteiger partial charge is 0.300 e. The van der Waals surface area contributed by atoms with Gasteiger partial charge in [0.1, 0.15) is 0 Å². The highest BCUT2D eigenvalue weighted by molar-refractivity contribution is 4.86. The van der Waals surface area contributed by atoms with Gasteiger partial charge in [0.25, 0.3) is 0 Å². The van der Waals surface area contributed by atoms with Crippen molar-refractivity contribution in [3.8, 4) is 0 Å². The molecule has 0 aromatic heterocycles. The maximum atomic E-state index is 2.69. The summed E-state index contributed by atoms with van der Waals surface area (Å²) in [6.07, 6.45) is 2.87. The monoisotopic (exact) mass is 183 g/mol. The normalized spacial score (nSPS) is 18.7. The Bertz CT molecular complexity index is 151. The van der Waals surface area contributed by atoms with Gasteiger partial charge in [-0.05, 0) is 24.2 Å². The molecule has 0 aromatic carbocycles. The Morgan fingerprint density at radius 1 is 1.23 bits per heavy atom. The molecule has 0 heterocycles. The van der Waals surface area contributed by atoms with E-state index < -0.39 is 0 Å². The van der Waals surface area contributed by atoms with E-state index in [9.17, 15) is 0 Å². The average molecular weight is 183 g/mol. The average Bonchev–Trinajstić information content (AvgIpc) is 2.60. The topological polar surface area (TPSA) is 3.24 Å². The highest BCUT2D eigenvalue weighted by atomic mass is 15.2. The minimum Gasteiger partial charge on any atom is -0.300 e. The Hall–Kier alpha value is -0.0400. The number of hydrogen-bond donors (Lipinski definition) is 0. The van der Waals surface area contributed by atoms with Gasteiger partial charge in [-0.15, -0.1) is 0 Å². The third-order valence-electron chi connectivity index (χ3n) is 2.34. The van der Waals surface area contributed by atoms with Gasteiger partial charge in [0.05, 0.1) is 0 Å². The van der Waals surface area contributed by atoms with E-state index >= 15 is 0 Å². The minimum atomic E-state index is 0.456. The lowest BCUT2D eigenvalue weighted by molar-refractivity contribution is 0.165. The molecule has 1 saturated carbocycles. The van der Waals surface area contributed by atoms with Gasteiger partial charge in [-0.2, -0.15) is 0 Å². The van der Waals surface area contributed by atoms with E-state index in [1.165, 1.54) is 25.9 Å². The van der Waals surface area contributed by atoms with Gasteiger partial charge < -0.3 is 0 Å². The zero-order chi connectivity index (χ0) is 10.1. The quantitative estimate of drug-likeness (QED) is 0.647. The van der Waals surface area contributed by atoms with Gasteiger partial charge in [-0.3, -0.25) is 4.90 Å². The van der Waals surface area contributed by atoms with E-state index in [1.54, 1.807) is 0 Å². The Balaban J connectivity index is 2.38. The molecule has 1 fully saturated rings. The summed E-state index contributed by atoms with van der Waals surface area (Å²) < 4.78 is 0. The van der Waals surface area contributed by atoms with E-state index in [2.05, 4.69) is 39.5 Å². The van der Waals surface area contributed by atoms with E-state index in [-0.39, 0.29) is 0 Å². The summed E-state index contributed by atoms with van der Waals surface area (Å²) in [4.78, 5) is 2.69. The third kappa shape index (κ3) is 4.66. The van der Waals surface area contributed by atoms with Crippen LogP contribution in [0.25, 0.3) is 0 Å². The SMILES string of the molecule is CC(C)CN(CC(C)(C)C)C1CC1. The number of nitrogens with zero attached hydrogens (tertiary/aromatic N) is 1. The standard InChI is InChI=1S/C12H25N/c1-10(2)8-13(11-6-7-11)9-12(3,4)5/h10-11H,6-9H2,1-5H3. The Morgan fingerprint density at radius 3 is 2.08 bits per heavy atom. The van der Waals surface area contributed by atoms with Crippen molar-refractivity contribution in [2.24, 2.45) is 11.3 Å². The van der Waals surface area contributed by atoms with Crippen LogP contribution in [-0.4, -0.2) is 24.0 Å². The first-order chi connectivity index (χ1) is 5.88. The van der Waals surface area contributed by atoms with Crippen molar-refractivity contribution < 1.29 is 0 Å². The summed E-state index contributed by atoms with van der Waals surface area (Å²) in [7, 11) is 0. The van der Waals surface area contributed by atoms with E-state index in [0.29, 0.717) is 5.41 Å². The van der Waals surface area contributed by atoms with Crippen LogP contribution in [0.4, 0.5) is 0 Å². The molecule has 0 radical (unpaired) electrons. The highest BCUT2D eigenvalue weighted by Gasteiger charge is 2.31. The van der Waals surface area contributed by atoms with Crippen molar-refractivity contribution in [3.63, 3.8) is 0 Å². The highest BCUT2D eigenvalue weighted by Crippen LogP contribution is 2.30. The van der Waals surface area contributed by atoms with Crippen molar-refractivity contribution in [1.82, 2.24) is 4.90 Å². The fourth-order valence-electron chi connectivity index (χ4n) is 1.86. The van der Waals surface area contributed by atoms with Crippen molar-refractivity contribution in [2.45, 2.75) is 53.5 Å². The lowest BCUT2D eigenvalue weighted by Gasteiger charge is -2.31. The van der Waals surface area contributed by atoms with Crippen molar-refractivity contribution in [3.05, 3.63) is 0 Å².